The van der Waals surface area contributed by atoms with Gasteiger partial charge >= 0.3 is 0 Å². The Morgan fingerprint density at radius 2 is 2.10 bits per heavy atom. The van der Waals surface area contributed by atoms with E-state index in [4.69, 9.17) is 5.26 Å². The number of nitrogens with zero attached hydrogens (tertiary/aromatic N) is 1. The van der Waals surface area contributed by atoms with Crippen LogP contribution in [0.2, 0.25) is 0 Å². The van der Waals surface area contributed by atoms with Crippen LogP contribution in [0.5, 0.6) is 0 Å². The first-order valence-electron chi connectivity index (χ1n) is 6.75. The van der Waals surface area contributed by atoms with E-state index < -0.39 is 0 Å². The van der Waals surface area contributed by atoms with Crippen molar-refractivity contribution in [3.63, 3.8) is 0 Å². The second-order valence-corrected chi connectivity index (χ2v) is 5.99. The molecule has 0 aliphatic carbocycles. The summed E-state index contributed by atoms with van der Waals surface area (Å²) >= 11 is 1.97. The lowest BCUT2D eigenvalue weighted by molar-refractivity contribution is 0.575. The molecular formula is C17H16N2S. The van der Waals surface area contributed by atoms with Crippen LogP contribution in [0, 0.1) is 11.3 Å². The lowest BCUT2D eigenvalue weighted by Crippen LogP contribution is -2.26. The van der Waals surface area contributed by atoms with Crippen LogP contribution in [0.15, 0.2) is 48.5 Å². The highest BCUT2D eigenvalue weighted by molar-refractivity contribution is 7.98. The molecule has 0 aromatic heterocycles. The van der Waals surface area contributed by atoms with Crippen molar-refractivity contribution in [2.75, 3.05) is 5.75 Å². The first-order valence-corrected chi connectivity index (χ1v) is 7.90. The molecule has 2 aromatic rings. The fourth-order valence-electron chi connectivity index (χ4n) is 2.54. The molecule has 0 bridgehead atoms. The number of nitriles is 1. The molecule has 0 saturated heterocycles. The van der Waals surface area contributed by atoms with E-state index >= 15 is 0 Å². The van der Waals surface area contributed by atoms with Crippen LogP contribution in [0.1, 0.15) is 28.3 Å². The Morgan fingerprint density at radius 3 is 3.00 bits per heavy atom. The quantitative estimate of drug-likeness (QED) is 0.932. The van der Waals surface area contributed by atoms with Gasteiger partial charge in [0, 0.05) is 24.1 Å². The number of nitrogens with one attached hydrogen (secondary N) is 1. The van der Waals surface area contributed by atoms with Crippen LogP contribution < -0.4 is 5.32 Å². The van der Waals surface area contributed by atoms with E-state index in [9.17, 15) is 0 Å². The predicted octanol–water partition coefficient (Wildman–Crippen LogP) is 3.64. The van der Waals surface area contributed by atoms with Crippen LogP contribution in [0.25, 0.3) is 0 Å². The van der Waals surface area contributed by atoms with E-state index in [1.807, 2.05) is 30.0 Å². The highest BCUT2D eigenvalue weighted by Crippen LogP contribution is 2.31. The van der Waals surface area contributed by atoms with Crippen molar-refractivity contribution in [3.05, 3.63) is 70.8 Å². The molecule has 1 atom stereocenters. The lowest BCUT2D eigenvalue weighted by Gasteiger charge is -2.26. The summed E-state index contributed by atoms with van der Waals surface area (Å²) in [6.45, 7) is 0.801. The Hall–Kier alpha value is -1.76. The number of hydrogen-bond acceptors (Lipinski definition) is 3. The largest absolute Gasteiger partial charge is 0.305 e. The van der Waals surface area contributed by atoms with Gasteiger partial charge in [-0.25, -0.2) is 0 Å². The van der Waals surface area contributed by atoms with Gasteiger partial charge in [0.15, 0.2) is 0 Å². The topological polar surface area (TPSA) is 35.8 Å². The van der Waals surface area contributed by atoms with Crippen molar-refractivity contribution in [2.24, 2.45) is 0 Å². The van der Waals surface area contributed by atoms with Crippen LogP contribution in [-0.4, -0.2) is 5.75 Å². The molecule has 2 aromatic carbocycles. The van der Waals surface area contributed by atoms with Gasteiger partial charge in [0.1, 0.15) is 0 Å². The Balaban J connectivity index is 1.72. The zero-order chi connectivity index (χ0) is 13.8. The molecule has 3 rings (SSSR count). The SMILES string of the molecule is N#Cc1cccc(CNC2CSCc3ccccc32)c1. The molecule has 1 unspecified atom stereocenters. The summed E-state index contributed by atoms with van der Waals surface area (Å²) in [7, 11) is 0. The molecule has 1 aliphatic heterocycles. The van der Waals surface area contributed by atoms with E-state index in [0.717, 1.165) is 29.2 Å². The highest BCUT2D eigenvalue weighted by atomic mass is 32.2. The zero-order valence-electron chi connectivity index (χ0n) is 11.2. The number of benzene rings is 2. The first-order chi connectivity index (χ1) is 9.86. The highest BCUT2D eigenvalue weighted by Gasteiger charge is 2.19. The van der Waals surface area contributed by atoms with Crippen molar-refractivity contribution < 1.29 is 0 Å². The van der Waals surface area contributed by atoms with Gasteiger partial charge in [-0.05, 0) is 28.8 Å². The van der Waals surface area contributed by atoms with Crippen molar-refractivity contribution >= 4 is 11.8 Å². The van der Waals surface area contributed by atoms with Gasteiger partial charge < -0.3 is 5.32 Å². The summed E-state index contributed by atoms with van der Waals surface area (Å²) in [6, 6.07) is 19.0. The number of rotatable bonds is 3. The van der Waals surface area contributed by atoms with Gasteiger partial charge in [0.25, 0.3) is 0 Å². The van der Waals surface area contributed by atoms with Crippen LogP contribution >= 0.6 is 11.8 Å². The maximum atomic E-state index is 8.94. The van der Waals surface area contributed by atoms with Gasteiger partial charge in [0.2, 0.25) is 0 Å². The minimum atomic E-state index is 0.399. The van der Waals surface area contributed by atoms with Gasteiger partial charge in [-0.15, -0.1) is 0 Å². The van der Waals surface area contributed by atoms with E-state index in [0.29, 0.717) is 6.04 Å². The van der Waals surface area contributed by atoms with E-state index in [-0.39, 0.29) is 0 Å². The third-order valence-electron chi connectivity index (χ3n) is 3.58. The van der Waals surface area contributed by atoms with Crippen LogP contribution in [-0.2, 0) is 12.3 Å². The number of fused-ring (bicyclic) bond motifs is 1. The van der Waals surface area contributed by atoms with Gasteiger partial charge in [0.05, 0.1) is 11.6 Å². The fraction of sp³-hybridized carbons (Fsp3) is 0.235. The average molecular weight is 280 g/mol. The second kappa shape index (κ2) is 6.13. The summed E-state index contributed by atoms with van der Waals surface area (Å²) in [6.07, 6.45) is 0. The monoisotopic (exact) mass is 280 g/mol. The van der Waals surface area contributed by atoms with Gasteiger partial charge in [-0.1, -0.05) is 36.4 Å². The van der Waals surface area contributed by atoms with Crippen molar-refractivity contribution in [2.45, 2.75) is 18.3 Å². The van der Waals surface area contributed by atoms with Gasteiger partial charge in [-0.3, -0.25) is 0 Å². The maximum absolute atomic E-state index is 8.94. The molecule has 2 nitrogen and oxygen atoms in total. The fourth-order valence-corrected chi connectivity index (χ4v) is 3.68. The molecule has 1 N–H and O–H groups in total. The molecule has 100 valence electrons. The summed E-state index contributed by atoms with van der Waals surface area (Å²) < 4.78 is 0. The smallest absolute Gasteiger partial charge is 0.0991 e. The van der Waals surface area contributed by atoms with Crippen molar-refractivity contribution in [1.82, 2.24) is 5.32 Å². The third kappa shape index (κ3) is 2.87. The summed E-state index contributed by atoms with van der Waals surface area (Å²) in [5.74, 6) is 2.22. The minimum absolute atomic E-state index is 0.399. The standard InChI is InChI=1S/C17H16N2S/c18-9-13-4-3-5-14(8-13)10-19-17-12-20-11-15-6-1-2-7-16(15)17/h1-8,17,19H,10-12H2. The average Bonchev–Trinajstić information content (AvgIpc) is 2.53. The Kier molecular flexibility index (Phi) is 4.05. The van der Waals surface area contributed by atoms with Crippen LogP contribution in [0.3, 0.4) is 0 Å². The molecular weight excluding hydrogens is 264 g/mol. The first kappa shape index (κ1) is 13.2. The molecule has 0 saturated carbocycles. The second-order valence-electron chi connectivity index (χ2n) is 4.96. The Labute approximate surface area is 123 Å². The summed E-state index contributed by atoms with van der Waals surface area (Å²) in [5.41, 5.74) is 4.74. The molecule has 0 amide bonds. The summed E-state index contributed by atoms with van der Waals surface area (Å²) in [4.78, 5) is 0. The van der Waals surface area contributed by atoms with E-state index in [1.165, 1.54) is 11.1 Å². The normalized spacial score (nSPS) is 17.2. The molecule has 20 heavy (non-hydrogen) atoms. The van der Waals surface area contributed by atoms with Crippen molar-refractivity contribution in [3.8, 4) is 6.07 Å². The molecule has 0 fully saturated rings. The Bertz CT molecular complexity index is 645. The Morgan fingerprint density at radius 1 is 1.20 bits per heavy atom. The number of hydrogen-bond donors (Lipinski definition) is 1. The van der Waals surface area contributed by atoms with E-state index in [2.05, 4.69) is 41.7 Å². The number of thioether (sulfide) groups is 1. The zero-order valence-corrected chi connectivity index (χ0v) is 12.0. The lowest BCUT2D eigenvalue weighted by atomic mass is 10.0. The molecule has 0 spiro atoms. The molecule has 0 radical (unpaired) electrons. The van der Waals surface area contributed by atoms with E-state index in [1.54, 1.807) is 0 Å². The van der Waals surface area contributed by atoms with Crippen LogP contribution in [0.4, 0.5) is 0 Å². The molecule has 1 heterocycles. The molecule has 1 aliphatic rings. The predicted molar refractivity (Wildman–Crippen MR) is 83.3 cm³/mol. The van der Waals surface area contributed by atoms with Gasteiger partial charge in [-0.2, -0.15) is 17.0 Å². The van der Waals surface area contributed by atoms with Crippen molar-refractivity contribution in [1.29, 1.82) is 5.26 Å². The molecule has 3 heteroatoms. The minimum Gasteiger partial charge on any atom is -0.305 e. The summed E-state index contributed by atoms with van der Waals surface area (Å²) in [5, 5.41) is 12.6. The maximum Gasteiger partial charge on any atom is 0.0991 e. The third-order valence-corrected chi connectivity index (χ3v) is 4.67.